The molecule has 0 bridgehead atoms. The molecule has 1 amide bonds. The number of fused-ring (bicyclic) bond motifs is 1. The number of carbonyl (C=O) groups is 1. The quantitative estimate of drug-likeness (QED) is 0.633. The first-order valence-electron chi connectivity index (χ1n) is 8.98. The summed E-state index contributed by atoms with van der Waals surface area (Å²) < 4.78 is 0. The van der Waals surface area contributed by atoms with E-state index in [1.165, 1.54) is 5.56 Å². The molecule has 0 atom stereocenters. The number of aromatic amines is 1. The van der Waals surface area contributed by atoms with Crippen LogP contribution >= 0.6 is 0 Å². The third kappa shape index (κ3) is 3.22. The molecule has 3 aromatic rings. The van der Waals surface area contributed by atoms with Crippen molar-refractivity contribution < 1.29 is 4.79 Å². The van der Waals surface area contributed by atoms with Gasteiger partial charge in [-0.2, -0.15) is 0 Å². The third-order valence-corrected chi connectivity index (χ3v) is 5.16. The van der Waals surface area contributed by atoms with Gasteiger partial charge in [0.1, 0.15) is 0 Å². The molecule has 0 unspecified atom stereocenters. The lowest BCUT2D eigenvalue weighted by Gasteiger charge is -2.31. The second kappa shape index (κ2) is 6.71. The van der Waals surface area contributed by atoms with Crippen LogP contribution in [0, 0.1) is 5.92 Å². The zero-order valence-electron chi connectivity index (χ0n) is 14.6. The zero-order valence-corrected chi connectivity index (χ0v) is 14.6. The average Bonchev–Trinajstić information content (AvgIpc) is 3.06. The van der Waals surface area contributed by atoms with E-state index in [0.717, 1.165) is 37.9 Å². The van der Waals surface area contributed by atoms with E-state index in [4.69, 9.17) is 11.5 Å². The molecular formula is C20H23N5O. The number of anilines is 2. The number of hydrogen-bond donors (Lipinski definition) is 3. The van der Waals surface area contributed by atoms with Gasteiger partial charge in [0.05, 0.1) is 22.4 Å². The molecular weight excluding hydrogens is 326 g/mol. The maximum Gasteiger partial charge on any atom is 0.289 e. The molecule has 5 N–H and O–H groups in total. The van der Waals surface area contributed by atoms with Gasteiger partial charge < -0.3 is 21.4 Å². The SMILES string of the molecule is Nc1cc2nc(C(=O)N3CCC(Cc4ccccc4)CC3)[nH]c2cc1N. The second-order valence-electron chi connectivity index (χ2n) is 7.01. The van der Waals surface area contributed by atoms with E-state index < -0.39 is 0 Å². The van der Waals surface area contributed by atoms with Crippen LogP contribution < -0.4 is 11.5 Å². The van der Waals surface area contributed by atoms with Crippen molar-refractivity contribution in [1.29, 1.82) is 0 Å². The Morgan fingerprint density at radius 2 is 1.81 bits per heavy atom. The Labute approximate surface area is 152 Å². The number of carbonyl (C=O) groups excluding carboxylic acids is 1. The van der Waals surface area contributed by atoms with Gasteiger partial charge in [-0.3, -0.25) is 4.79 Å². The van der Waals surface area contributed by atoms with Crippen molar-refractivity contribution in [1.82, 2.24) is 14.9 Å². The van der Waals surface area contributed by atoms with Crippen molar-refractivity contribution in [2.45, 2.75) is 19.3 Å². The van der Waals surface area contributed by atoms with E-state index in [0.29, 0.717) is 28.6 Å². The van der Waals surface area contributed by atoms with Crippen molar-refractivity contribution >= 4 is 28.3 Å². The molecule has 1 saturated heterocycles. The Hall–Kier alpha value is -3.02. The number of benzene rings is 2. The highest BCUT2D eigenvalue weighted by atomic mass is 16.2. The van der Waals surface area contributed by atoms with E-state index >= 15 is 0 Å². The number of rotatable bonds is 3. The van der Waals surface area contributed by atoms with Crippen LogP contribution in [-0.4, -0.2) is 33.9 Å². The van der Waals surface area contributed by atoms with Crippen LogP contribution in [0.4, 0.5) is 11.4 Å². The molecule has 1 fully saturated rings. The molecule has 0 aliphatic carbocycles. The van der Waals surface area contributed by atoms with Crippen LogP contribution in [0.3, 0.4) is 0 Å². The minimum absolute atomic E-state index is 0.0588. The van der Waals surface area contributed by atoms with Crippen LogP contribution in [-0.2, 0) is 6.42 Å². The largest absolute Gasteiger partial charge is 0.397 e. The molecule has 134 valence electrons. The predicted octanol–water partition coefficient (Wildman–Crippen LogP) is 2.82. The van der Waals surface area contributed by atoms with E-state index in [1.54, 1.807) is 12.1 Å². The molecule has 6 heteroatoms. The highest BCUT2D eigenvalue weighted by molar-refractivity contribution is 5.96. The van der Waals surface area contributed by atoms with Gasteiger partial charge in [-0.15, -0.1) is 0 Å². The van der Waals surface area contributed by atoms with Gasteiger partial charge in [-0.25, -0.2) is 4.98 Å². The highest BCUT2D eigenvalue weighted by Crippen LogP contribution is 2.25. The number of aromatic nitrogens is 2. The molecule has 2 aromatic carbocycles. The van der Waals surface area contributed by atoms with Crippen molar-refractivity contribution in [3.05, 3.63) is 53.9 Å². The summed E-state index contributed by atoms with van der Waals surface area (Å²) in [4.78, 5) is 22.1. The van der Waals surface area contributed by atoms with Gasteiger partial charge in [-0.05, 0) is 42.9 Å². The Bertz CT molecular complexity index is 887. The third-order valence-electron chi connectivity index (χ3n) is 5.16. The molecule has 6 nitrogen and oxygen atoms in total. The van der Waals surface area contributed by atoms with Crippen molar-refractivity contribution in [2.24, 2.45) is 5.92 Å². The number of nitrogen functional groups attached to an aromatic ring is 2. The van der Waals surface area contributed by atoms with Gasteiger partial charge in [0.2, 0.25) is 0 Å². The molecule has 4 rings (SSSR count). The molecule has 26 heavy (non-hydrogen) atoms. The fraction of sp³-hybridized carbons (Fsp3) is 0.300. The van der Waals surface area contributed by atoms with Gasteiger partial charge in [0, 0.05) is 13.1 Å². The first-order valence-corrected chi connectivity index (χ1v) is 8.98. The van der Waals surface area contributed by atoms with Crippen molar-refractivity contribution in [2.75, 3.05) is 24.6 Å². The van der Waals surface area contributed by atoms with E-state index in [2.05, 4.69) is 34.2 Å². The number of H-pyrrole nitrogens is 1. The van der Waals surface area contributed by atoms with E-state index in [9.17, 15) is 4.79 Å². The summed E-state index contributed by atoms with van der Waals surface area (Å²) in [5, 5.41) is 0. The summed E-state index contributed by atoms with van der Waals surface area (Å²) in [6.07, 6.45) is 3.10. The standard InChI is InChI=1S/C20H23N5O/c21-15-11-17-18(12-16(15)22)24-19(23-17)20(26)25-8-6-14(7-9-25)10-13-4-2-1-3-5-13/h1-5,11-12,14H,6-10,21-22H2,(H,23,24). The Morgan fingerprint density at radius 3 is 2.54 bits per heavy atom. The second-order valence-corrected chi connectivity index (χ2v) is 7.01. The molecule has 2 heterocycles. The first-order chi connectivity index (χ1) is 12.6. The van der Waals surface area contributed by atoms with Gasteiger partial charge >= 0.3 is 0 Å². The summed E-state index contributed by atoms with van der Waals surface area (Å²) in [5.41, 5.74) is 15.4. The molecule has 1 aliphatic rings. The number of nitrogens with one attached hydrogen (secondary N) is 1. The minimum atomic E-state index is -0.0588. The highest BCUT2D eigenvalue weighted by Gasteiger charge is 2.25. The molecule has 1 aromatic heterocycles. The summed E-state index contributed by atoms with van der Waals surface area (Å²) in [7, 11) is 0. The van der Waals surface area contributed by atoms with Crippen LogP contribution in [0.5, 0.6) is 0 Å². The number of piperidine rings is 1. The van der Waals surface area contributed by atoms with E-state index in [1.807, 2.05) is 11.0 Å². The maximum absolute atomic E-state index is 12.8. The lowest BCUT2D eigenvalue weighted by atomic mass is 9.90. The summed E-state index contributed by atoms with van der Waals surface area (Å²) in [6, 6.07) is 14.0. The minimum Gasteiger partial charge on any atom is -0.397 e. The number of amides is 1. The summed E-state index contributed by atoms with van der Waals surface area (Å²) in [5.74, 6) is 0.916. The fourth-order valence-corrected chi connectivity index (χ4v) is 3.63. The van der Waals surface area contributed by atoms with Gasteiger partial charge in [0.15, 0.2) is 5.82 Å². The lowest BCUT2D eigenvalue weighted by molar-refractivity contribution is 0.0679. The van der Waals surface area contributed by atoms with Crippen molar-refractivity contribution in [3.63, 3.8) is 0 Å². The number of likely N-dealkylation sites (tertiary alicyclic amines) is 1. The predicted molar refractivity (Wildman–Crippen MR) is 104 cm³/mol. The molecule has 0 spiro atoms. The van der Waals surface area contributed by atoms with Crippen LogP contribution in [0.1, 0.15) is 29.0 Å². The zero-order chi connectivity index (χ0) is 18.1. The first kappa shape index (κ1) is 16.4. The lowest BCUT2D eigenvalue weighted by Crippen LogP contribution is -2.39. The Balaban J connectivity index is 1.42. The normalized spacial score (nSPS) is 15.5. The number of nitrogens with two attached hydrogens (primary N) is 2. The van der Waals surface area contributed by atoms with Gasteiger partial charge in [-0.1, -0.05) is 30.3 Å². The number of hydrogen-bond acceptors (Lipinski definition) is 4. The topological polar surface area (TPSA) is 101 Å². The van der Waals surface area contributed by atoms with Crippen LogP contribution in [0.2, 0.25) is 0 Å². The van der Waals surface area contributed by atoms with E-state index in [-0.39, 0.29) is 5.91 Å². The summed E-state index contributed by atoms with van der Waals surface area (Å²) in [6.45, 7) is 1.52. The molecule has 0 radical (unpaired) electrons. The smallest absolute Gasteiger partial charge is 0.289 e. The number of imidazole rings is 1. The van der Waals surface area contributed by atoms with Crippen molar-refractivity contribution in [3.8, 4) is 0 Å². The Kier molecular flexibility index (Phi) is 4.24. The summed E-state index contributed by atoms with van der Waals surface area (Å²) >= 11 is 0. The van der Waals surface area contributed by atoms with Crippen LogP contribution in [0.15, 0.2) is 42.5 Å². The average molecular weight is 349 g/mol. The maximum atomic E-state index is 12.8. The number of nitrogens with zero attached hydrogens (tertiary/aromatic N) is 2. The fourth-order valence-electron chi connectivity index (χ4n) is 3.63. The Morgan fingerprint density at radius 1 is 1.12 bits per heavy atom. The van der Waals surface area contributed by atoms with Crippen LogP contribution in [0.25, 0.3) is 11.0 Å². The van der Waals surface area contributed by atoms with Gasteiger partial charge in [0.25, 0.3) is 5.91 Å². The molecule has 0 saturated carbocycles. The molecule has 1 aliphatic heterocycles. The monoisotopic (exact) mass is 349 g/mol.